The van der Waals surface area contributed by atoms with E-state index in [4.69, 9.17) is 4.74 Å². The summed E-state index contributed by atoms with van der Waals surface area (Å²) in [5, 5.41) is 0. The second-order valence-electron chi connectivity index (χ2n) is 3.51. The van der Waals surface area contributed by atoms with Gasteiger partial charge in [0.2, 0.25) is 0 Å². The molecule has 1 aliphatic rings. The Morgan fingerprint density at radius 1 is 1.38 bits per heavy atom. The Morgan fingerprint density at radius 3 is 3.12 bits per heavy atom. The molecule has 0 unspecified atom stereocenters. The van der Waals surface area contributed by atoms with Crippen LogP contribution in [0.3, 0.4) is 0 Å². The minimum atomic E-state index is -0.280. The van der Waals surface area contributed by atoms with Gasteiger partial charge in [0, 0.05) is 5.57 Å². The van der Waals surface area contributed by atoms with E-state index >= 15 is 0 Å². The number of rotatable bonds is 1. The van der Waals surface area contributed by atoms with E-state index in [-0.39, 0.29) is 5.82 Å². The summed E-state index contributed by atoms with van der Waals surface area (Å²) in [7, 11) is 0. The van der Waals surface area contributed by atoms with Crippen molar-refractivity contribution in [1.82, 2.24) is 9.97 Å². The van der Waals surface area contributed by atoms with Crippen LogP contribution in [0.1, 0.15) is 11.3 Å². The van der Waals surface area contributed by atoms with Gasteiger partial charge in [-0.05, 0) is 18.2 Å². The van der Waals surface area contributed by atoms with Crippen molar-refractivity contribution in [3.63, 3.8) is 0 Å². The van der Waals surface area contributed by atoms with Crippen LogP contribution in [0.5, 0.6) is 5.75 Å². The van der Waals surface area contributed by atoms with E-state index in [2.05, 4.69) is 9.97 Å². The van der Waals surface area contributed by atoms with Crippen molar-refractivity contribution in [2.24, 2.45) is 0 Å². The summed E-state index contributed by atoms with van der Waals surface area (Å²) in [6.07, 6.45) is 5.10. The molecule has 0 saturated carbocycles. The van der Waals surface area contributed by atoms with Gasteiger partial charge in [0.25, 0.3) is 0 Å². The zero-order chi connectivity index (χ0) is 11.0. The largest absolute Gasteiger partial charge is 0.489 e. The molecule has 0 aliphatic carbocycles. The van der Waals surface area contributed by atoms with Crippen LogP contribution in [-0.2, 0) is 0 Å². The van der Waals surface area contributed by atoms with Crippen molar-refractivity contribution >= 4 is 5.57 Å². The molecule has 0 spiro atoms. The Hall–Kier alpha value is -2.10. The molecular formula is C12H9FN2O. The summed E-state index contributed by atoms with van der Waals surface area (Å²) in [4.78, 5) is 6.91. The molecule has 2 heterocycles. The standard InChI is InChI=1S/C12H9FN2O/c13-9-2-1-3-11-12(9)8(4-5-16-11)10-6-14-7-15-10/h1-4,6-7H,5H2,(H,14,15). The van der Waals surface area contributed by atoms with E-state index in [9.17, 15) is 4.39 Å². The SMILES string of the molecule is Fc1cccc2c1C(c1cnc[nH]1)=CCO2. The molecule has 4 heteroatoms. The van der Waals surface area contributed by atoms with Gasteiger partial charge in [0.1, 0.15) is 18.2 Å². The fourth-order valence-corrected chi connectivity index (χ4v) is 1.85. The van der Waals surface area contributed by atoms with Gasteiger partial charge in [-0.1, -0.05) is 6.07 Å². The van der Waals surface area contributed by atoms with Gasteiger partial charge in [-0.25, -0.2) is 9.37 Å². The Bertz CT molecular complexity index is 546. The number of fused-ring (bicyclic) bond motifs is 1. The number of H-pyrrole nitrogens is 1. The van der Waals surface area contributed by atoms with Crippen LogP contribution in [0.4, 0.5) is 4.39 Å². The molecule has 0 saturated heterocycles. The number of imidazole rings is 1. The Morgan fingerprint density at radius 2 is 2.31 bits per heavy atom. The van der Waals surface area contributed by atoms with Gasteiger partial charge >= 0.3 is 0 Å². The monoisotopic (exact) mass is 216 g/mol. The Kier molecular flexibility index (Phi) is 1.99. The first-order valence-corrected chi connectivity index (χ1v) is 4.97. The lowest BCUT2D eigenvalue weighted by molar-refractivity contribution is 0.354. The summed E-state index contributed by atoms with van der Waals surface area (Å²) >= 11 is 0. The highest BCUT2D eigenvalue weighted by atomic mass is 19.1. The molecule has 0 atom stereocenters. The summed E-state index contributed by atoms with van der Waals surface area (Å²) < 4.78 is 19.1. The van der Waals surface area contributed by atoms with Crippen LogP contribution in [0.2, 0.25) is 0 Å². The van der Waals surface area contributed by atoms with E-state index < -0.39 is 0 Å². The molecule has 0 amide bonds. The van der Waals surface area contributed by atoms with E-state index in [1.165, 1.54) is 6.07 Å². The summed E-state index contributed by atoms with van der Waals surface area (Å²) in [6.45, 7) is 0.449. The molecule has 0 bridgehead atoms. The lowest BCUT2D eigenvalue weighted by atomic mass is 9.99. The van der Waals surface area contributed by atoms with Crippen LogP contribution >= 0.6 is 0 Å². The highest BCUT2D eigenvalue weighted by Gasteiger charge is 2.19. The average molecular weight is 216 g/mol. The van der Waals surface area contributed by atoms with Crippen molar-refractivity contribution in [2.45, 2.75) is 0 Å². The third-order valence-corrected chi connectivity index (χ3v) is 2.56. The minimum absolute atomic E-state index is 0.280. The molecule has 1 aliphatic heterocycles. The second-order valence-corrected chi connectivity index (χ2v) is 3.51. The molecule has 80 valence electrons. The van der Waals surface area contributed by atoms with Crippen molar-refractivity contribution in [2.75, 3.05) is 6.61 Å². The number of halogens is 1. The summed E-state index contributed by atoms with van der Waals surface area (Å²) in [5.74, 6) is 0.296. The van der Waals surface area contributed by atoms with Crippen LogP contribution in [0.25, 0.3) is 5.57 Å². The number of nitrogens with one attached hydrogen (secondary N) is 1. The molecule has 1 N–H and O–H groups in total. The third-order valence-electron chi connectivity index (χ3n) is 2.56. The fourth-order valence-electron chi connectivity index (χ4n) is 1.85. The number of benzene rings is 1. The smallest absolute Gasteiger partial charge is 0.134 e. The van der Waals surface area contributed by atoms with Gasteiger partial charge < -0.3 is 9.72 Å². The second kappa shape index (κ2) is 3.48. The number of aromatic amines is 1. The van der Waals surface area contributed by atoms with Gasteiger partial charge in [0.15, 0.2) is 0 Å². The lowest BCUT2D eigenvalue weighted by Crippen LogP contribution is -2.07. The molecule has 1 aromatic heterocycles. The molecule has 0 fully saturated rings. The predicted octanol–water partition coefficient (Wildman–Crippen LogP) is 2.37. The number of nitrogens with zero attached hydrogens (tertiary/aromatic N) is 1. The number of hydrogen-bond donors (Lipinski definition) is 1. The Balaban J connectivity index is 2.20. The minimum Gasteiger partial charge on any atom is -0.489 e. The number of ether oxygens (including phenoxy) is 1. The van der Waals surface area contributed by atoms with Crippen molar-refractivity contribution in [3.05, 3.63) is 53.9 Å². The molecule has 3 rings (SSSR count). The normalized spacial score (nSPS) is 13.9. The maximum atomic E-state index is 13.8. The number of hydrogen-bond acceptors (Lipinski definition) is 2. The first-order chi connectivity index (χ1) is 7.86. The molecule has 16 heavy (non-hydrogen) atoms. The fraction of sp³-hybridized carbons (Fsp3) is 0.0833. The van der Waals surface area contributed by atoms with Crippen LogP contribution in [0.15, 0.2) is 36.8 Å². The highest BCUT2D eigenvalue weighted by Crippen LogP contribution is 2.34. The maximum absolute atomic E-state index is 13.8. The van der Waals surface area contributed by atoms with Gasteiger partial charge in [-0.3, -0.25) is 0 Å². The third kappa shape index (κ3) is 1.31. The van der Waals surface area contributed by atoms with Gasteiger partial charge in [0.05, 0.1) is 23.8 Å². The molecule has 2 aromatic rings. The lowest BCUT2D eigenvalue weighted by Gasteiger charge is -2.18. The van der Waals surface area contributed by atoms with Crippen LogP contribution in [0, 0.1) is 5.82 Å². The van der Waals surface area contributed by atoms with E-state index in [1.807, 2.05) is 6.08 Å². The summed E-state index contributed by atoms with van der Waals surface area (Å²) in [5.41, 5.74) is 2.10. The van der Waals surface area contributed by atoms with Crippen molar-refractivity contribution < 1.29 is 9.13 Å². The van der Waals surface area contributed by atoms with E-state index in [0.29, 0.717) is 17.9 Å². The van der Waals surface area contributed by atoms with Crippen LogP contribution < -0.4 is 4.74 Å². The molecule has 0 radical (unpaired) electrons. The average Bonchev–Trinajstić information content (AvgIpc) is 2.82. The van der Waals surface area contributed by atoms with Gasteiger partial charge in [-0.2, -0.15) is 0 Å². The maximum Gasteiger partial charge on any atom is 0.134 e. The Labute approximate surface area is 91.6 Å². The van der Waals surface area contributed by atoms with E-state index in [1.54, 1.807) is 24.7 Å². The molecular weight excluding hydrogens is 207 g/mol. The quantitative estimate of drug-likeness (QED) is 0.794. The first-order valence-electron chi connectivity index (χ1n) is 4.97. The predicted molar refractivity (Wildman–Crippen MR) is 57.6 cm³/mol. The van der Waals surface area contributed by atoms with Crippen molar-refractivity contribution in [1.29, 1.82) is 0 Å². The molecule has 3 nitrogen and oxygen atoms in total. The van der Waals surface area contributed by atoms with Crippen LogP contribution in [-0.4, -0.2) is 16.6 Å². The summed E-state index contributed by atoms with van der Waals surface area (Å²) in [6, 6.07) is 4.84. The number of aromatic nitrogens is 2. The van der Waals surface area contributed by atoms with Gasteiger partial charge in [-0.15, -0.1) is 0 Å². The van der Waals surface area contributed by atoms with Crippen molar-refractivity contribution in [3.8, 4) is 5.75 Å². The first kappa shape index (κ1) is 9.15. The topological polar surface area (TPSA) is 37.9 Å². The highest BCUT2D eigenvalue weighted by molar-refractivity contribution is 5.82. The van der Waals surface area contributed by atoms with E-state index in [0.717, 1.165) is 11.3 Å². The zero-order valence-corrected chi connectivity index (χ0v) is 8.40. The molecule has 1 aromatic carbocycles. The zero-order valence-electron chi connectivity index (χ0n) is 8.40.